The van der Waals surface area contributed by atoms with Crippen LogP contribution in [0.4, 0.5) is 0 Å². The molecule has 1 aromatic carbocycles. The number of ether oxygens (including phenoxy) is 1. The molecule has 6 nitrogen and oxygen atoms in total. The van der Waals surface area contributed by atoms with Crippen molar-refractivity contribution in [1.29, 1.82) is 0 Å². The second-order valence-electron chi connectivity index (χ2n) is 6.40. The number of rotatable bonds is 6. The number of nitrogens with one attached hydrogen (secondary N) is 1. The van der Waals surface area contributed by atoms with Gasteiger partial charge in [-0.2, -0.15) is 0 Å². The van der Waals surface area contributed by atoms with E-state index in [9.17, 15) is 9.59 Å². The summed E-state index contributed by atoms with van der Waals surface area (Å²) in [5.41, 5.74) is 1.37. The molecular formula is C21H26N2O4. The van der Waals surface area contributed by atoms with Crippen LogP contribution in [0.1, 0.15) is 18.4 Å². The van der Waals surface area contributed by atoms with E-state index in [2.05, 4.69) is 34.1 Å². The zero-order chi connectivity index (χ0) is 19.3. The van der Waals surface area contributed by atoms with Crippen LogP contribution in [0.5, 0.6) is 0 Å². The quantitative estimate of drug-likeness (QED) is 0.603. The Hall–Kier alpha value is -2.86. The number of carboxylic acids is 1. The largest absolute Gasteiger partial charge is 0.478 e. The Balaban J connectivity index is 0.000000451. The molecule has 1 aromatic heterocycles. The summed E-state index contributed by atoms with van der Waals surface area (Å²) in [4.78, 5) is 26.5. The summed E-state index contributed by atoms with van der Waals surface area (Å²) >= 11 is 0. The molecule has 0 aliphatic carbocycles. The third-order valence-electron chi connectivity index (χ3n) is 4.32. The van der Waals surface area contributed by atoms with E-state index in [0.717, 1.165) is 44.5 Å². The van der Waals surface area contributed by atoms with Gasteiger partial charge in [0.15, 0.2) is 0 Å². The number of carbonyl (C=O) groups is 2. The zero-order valence-corrected chi connectivity index (χ0v) is 15.3. The van der Waals surface area contributed by atoms with Crippen LogP contribution in [-0.4, -0.2) is 46.7 Å². The smallest absolute Gasteiger partial charge is 0.332 e. The summed E-state index contributed by atoms with van der Waals surface area (Å²) in [6.45, 7) is 2.02. The molecule has 144 valence electrons. The monoisotopic (exact) mass is 370 g/mol. The Morgan fingerprint density at radius 2 is 1.74 bits per heavy atom. The minimum atomic E-state index is -1.15. The molecule has 0 spiro atoms. The molecule has 6 heteroatoms. The SMILES string of the molecule is O=C(O)/C=C\C(=O)OCN1CCC(Cc2ccccc2)CC1.c1cc[nH]c1. The van der Waals surface area contributed by atoms with Gasteiger partial charge in [-0.25, -0.2) is 9.59 Å². The molecule has 1 aliphatic heterocycles. The number of carbonyl (C=O) groups excluding carboxylic acids is 1. The number of aliphatic carboxylic acids is 1. The van der Waals surface area contributed by atoms with Gasteiger partial charge >= 0.3 is 11.9 Å². The van der Waals surface area contributed by atoms with Crippen molar-refractivity contribution in [2.75, 3.05) is 19.8 Å². The molecular weight excluding hydrogens is 344 g/mol. The molecule has 0 radical (unpaired) electrons. The molecule has 0 amide bonds. The fourth-order valence-electron chi connectivity index (χ4n) is 2.89. The highest BCUT2D eigenvalue weighted by atomic mass is 16.5. The fourth-order valence-corrected chi connectivity index (χ4v) is 2.89. The number of hydrogen-bond acceptors (Lipinski definition) is 4. The van der Waals surface area contributed by atoms with Crippen molar-refractivity contribution in [2.45, 2.75) is 19.3 Å². The second kappa shape index (κ2) is 11.7. The predicted octanol–water partition coefficient (Wildman–Crippen LogP) is 3.10. The van der Waals surface area contributed by atoms with E-state index in [1.54, 1.807) is 0 Å². The molecule has 1 saturated heterocycles. The van der Waals surface area contributed by atoms with Gasteiger partial charge in [-0.15, -0.1) is 0 Å². The first-order chi connectivity index (χ1) is 13.1. The second-order valence-corrected chi connectivity index (χ2v) is 6.40. The maximum atomic E-state index is 11.3. The number of aromatic nitrogens is 1. The van der Waals surface area contributed by atoms with E-state index < -0.39 is 11.9 Å². The lowest BCUT2D eigenvalue weighted by Gasteiger charge is -2.31. The van der Waals surface area contributed by atoms with E-state index >= 15 is 0 Å². The summed E-state index contributed by atoms with van der Waals surface area (Å²) in [7, 11) is 0. The third kappa shape index (κ3) is 8.87. The Kier molecular flexibility index (Phi) is 8.86. The van der Waals surface area contributed by atoms with Gasteiger partial charge in [-0.1, -0.05) is 30.3 Å². The highest BCUT2D eigenvalue weighted by Crippen LogP contribution is 2.21. The number of carboxylic acid groups (broad SMARTS) is 1. The fraction of sp³-hybridized carbons (Fsp3) is 0.333. The molecule has 3 rings (SSSR count). The number of benzene rings is 1. The van der Waals surface area contributed by atoms with Crippen molar-refractivity contribution < 1.29 is 19.4 Å². The Morgan fingerprint density at radius 3 is 2.30 bits per heavy atom. The van der Waals surface area contributed by atoms with Crippen LogP contribution in [0, 0.1) is 5.92 Å². The summed E-state index contributed by atoms with van der Waals surface area (Å²) < 4.78 is 5.02. The highest BCUT2D eigenvalue weighted by molar-refractivity contribution is 5.90. The topological polar surface area (TPSA) is 82.6 Å². The number of aromatic amines is 1. The van der Waals surface area contributed by atoms with Crippen molar-refractivity contribution in [3.8, 4) is 0 Å². The lowest BCUT2D eigenvalue weighted by atomic mass is 9.90. The summed E-state index contributed by atoms with van der Waals surface area (Å²) in [6, 6.07) is 14.4. The van der Waals surface area contributed by atoms with Crippen LogP contribution < -0.4 is 0 Å². The first-order valence-corrected chi connectivity index (χ1v) is 9.05. The molecule has 0 unspecified atom stereocenters. The number of hydrogen-bond donors (Lipinski definition) is 2. The van der Waals surface area contributed by atoms with Crippen LogP contribution >= 0.6 is 0 Å². The average molecular weight is 370 g/mol. The lowest BCUT2D eigenvalue weighted by Crippen LogP contribution is -2.36. The Labute approximate surface area is 159 Å². The Bertz CT molecular complexity index is 673. The summed E-state index contributed by atoms with van der Waals surface area (Å²) in [5, 5.41) is 8.42. The lowest BCUT2D eigenvalue weighted by molar-refractivity contribution is -0.143. The van der Waals surface area contributed by atoms with Crippen LogP contribution in [0.15, 0.2) is 67.0 Å². The number of piperidine rings is 1. The summed E-state index contributed by atoms with van der Waals surface area (Å²) in [5.74, 6) is -1.10. The van der Waals surface area contributed by atoms with Gasteiger partial charge in [0.05, 0.1) is 0 Å². The number of nitrogens with zero attached hydrogens (tertiary/aromatic N) is 1. The third-order valence-corrected chi connectivity index (χ3v) is 4.32. The minimum absolute atomic E-state index is 0.223. The normalized spacial score (nSPS) is 15.1. The minimum Gasteiger partial charge on any atom is -0.478 e. The molecule has 2 N–H and O–H groups in total. The molecule has 0 saturated carbocycles. The van der Waals surface area contributed by atoms with Crippen molar-refractivity contribution in [3.05, 3.63) is 72.6 Å². The molecule has 2 heterocycles. The van der Waals surface area contributed by atoms with Crippen LogP contribution in [-0.2, 0) is 20.7 Å². The van der Waals surface area contributed by atoms with Crippen LogP contribution in [0.2, 0.25) is 0 Å². The van der Waals surface area contributed by atoms with Gasteiger partial charge in [0, 0.05) is 37.6 Å². The molecule has 1 aliphatic rings. The number of likely N-dealkylation sites (tertiary alicyclic amines) is 1. The van der Waals surface area contributed by atoms with Crippen molar-refractivity contribution in [2.24, 2.45) is 5.92 Å². The van der Waals surface area contributed by atoms with Gasteiger partial charge in [0.2, 0.25) is 0 Å². The van der Waals surface area contributed by atoms with Gasteiger partial charge < -0.3 is 14.8 Å². The van der Waals surface area contributed by atoms with E-state index in [4.69, 9.17) is 9.84 Å². The molecule has 2 aromatic rings. The summed E-state index contributed by atoms with van der Waals surface area (Å²) in [6.07, 6.45) is 8.73. The Morgan fingerprint density at radius 1 is 1.07 bits per heavy atom. The van der Waals surface area contributed by atoms with E-state index in [1.165, 1.54) is 5.56 Å². The first kappa shape index (κ1) is 20.5. The number of H-pyrrole nitrogens is 1. The molecule has 1 fully saturated rings. The van der Waals surface area contributed by atoms with Crippen molar-refractivity contribution in [3.63, 3.8) is 0 Å². The van der Waals surface area contributed by atoms with Crippen LogP contribution in [0.25, 0.3) is 0 Å². The van der Waals surface area contributed by atoms with E-state index in [1.807, 2.05) is 30.6 Å². The molecule has 0 atom stereocenters. The predicted molar refractivity (Wildman–Crippen MR) is 103 cm³/mol. The van der Waals surface area contributed by atoms with Gasteiger partial charge in [-0.3, -0.25) is 4.90 Å². The highest BCUT2D eigenvalue weighted by Gasteiger charge is 2.19. The van der Waals surface area contributed by atoms with Gasteiger partial charge in [-0.05, 0) is 42.9 Å². The maximum absolute atomic E-state index is 11.3. The standard InChI is InChI=1S/C17H21NO4.C4H5N/c19-16(20)6-7-17(21)22-13-18-10-8-15(9-11-18)12-14-4-2-1-3-5-14;1-2-4-5-3-1/h1-7,15H,8-13H2,(H,19,20);1-5H/b7-6-;. The van der Waals surface area contributed by atoms with E-state index in [0.29, 0.717) is 5.92 Å². The van der Waals surface area contributed by atoms with Crippen molar-refractivity contribution in [1.82, 2.24) is 9.88 Å². The van der Waals surface area contributed by atoms with Gasteiger partial charge in [0.1, 0.15) is 6.73 Å². The molecule has 27 heavy (non-hydrogen) atoms. The van der Waals surface area contributed by atoms with Crippen LogP contribution in [0.3, 0.4) is 0 Å². The molecule has 0 bridgehead atoms. The van der Waals surface area contributed by atoms with Gasteiger partial charge in [0.25, 0.3) is 0 Å². The average Bonchev–Trinajstić information content (AvgIpc) is 3.27. The zero-order valence-electron chi connectivity index (χ0n) is 15.3. The first-order valence-electron chi connectivity index (χ1n) is 9.05. The number of esters is 1. The maximum Gasteiger partial charge on any atom is 0.332 e. The van der Waals surface area contributed by atoms with E-state index in [-0.39, 0.29) is 6.73 Å². The van der Waals surface area contributed by atoms with Crippen molar-refractivity contribution >= 4 is 11.9 Å².